The van der Waals surface area contributed by atoms with Crippen LogP contribution in [0.15, 0.2) is 18.3 Å². The molecular weight excluding hydrogens is 260 g/mol. The Balaban J connectivity index is 2.74. The summed E-state index contributed by atoms with van der Waals surface area (Å²) in [5.74, 6) is -7.21. The zero-order valence-corrected chi connectivity index (χ0v) is 10.5. The highest BCUT2D eigenvalue weighted by atomic mass is 19.3. The summed E-state index contributed by atoms with van der Waals surface area (Å²) in [4.78, 5) is 26.1. The first-order valence-electron chi connectivity index (χ1n) is 5.49. The molecule has 0 fully saturated rings. The van der Waals surface area contributed by atoms with Crippen LogP contribution in [-0.4, -0.2) is 36.4 Å². The van der Waals surface area contributed by atoms with Gasteiger partial charge in [0.1, 0.15) is 0 Å². The molecule has 0 aliphatic heterocycles. The molecule has 0 atom stereocenters. The molecule has 0 aromatic carbocycles. The first kappa shape index (κ1) is 15.0. The number of carbonyl (C=O) groups excluding carboxylic acids is 2. The number of rotatable bonds is 6. The lowest BCUT2D eigenvalue weighted by Gasteiger charge is -2.13. The minimum absolute atomic E-state index is 0.216. The molecule has 7 heteroatoms. The van der Waals surface area contributed by atoms with Crippen molar-refractivity contribution in [1.29, 1.82) is 0 Å². The molecule has 19 heavy (non-hydrogen) atoms. The summed E-state index contributed by atoms with van der Waals surface area (Å²) < 4.78 is 35.7. The topological polar surface area (TPSA) is 65.5 Å². The lowest BCUT2D eigenvalue weighted by atomic mass is 10.1. The van der Waals surface area contributed by atoms with Gasteiger partial charge in [-0.1, -0.05) is 6.07 Å². The van der Waals surface area contributed by atoms with Crippen LogP contribution in [0.25, 0.3) is 0 Å². The quantitative estimate of drug-likeness (QED) is 0.579. The van der Waals surface area contributed by atoms with Gasteiger partial charge < -0.3 is 9.47 Å². The van der Waals surface area contributed by atoms with Gasteiger partial charge in [-0.3, -0.25) is 4.79 Å². The van der Waals surface area contributed by atoms with Crippen molar-refractivity contribution >= 4 is 11.8 Å². The van der Waals surface area contributed by atoms with Crippen LogP contribution in [0.4, 0.5) is 8.78 Å². The summed E-state index contributed by atoms with van der Waals surface area (Å²) in [6.45, 7) is 1.16. The Labute approximate surface area is 108 Å². The molecule has 104 valence electrons. The minimum Gasteiger partial charge on any atom is -0.481 e. The van der Waals surface area contributed by atoms with Crippen LogP contribution in [0.2, 0.25) is 0 Å². The molecule has 1 aromatic rings. The molecule has 1 heterocycles. The number of ketones is 1. The van der Waals surface area contributed by atoms with Crippen LogP contribution in [-0.2, 0) is 20.7 Å². The van der Waals surface area contributed by atoms with Crippen molar-refractivity contribution < 1.29 is 27.8 Å². The summed E-state index contributed by atoms with van der Waals surface area (Å²) in [6.07, 6.45) is 0.626. The van der Waals surface area contributed by atoms with Crippen molar-refractivity contribution in [3.8, 4) is 5.88 Å². The van der Waals surface area contributed by atoms with Crippen molar-refractivity contribution in [2.75, 3.05) is 13.7 Å². The molecule has 1 rings (SSSR count). The van der Waals surface area contributed by atoms with Crippen LogP contribution in [0.3, 0.4) is 0 Å². The smallest absolute Gasteiger partial charge is 0.400 e. The summed E-state index contributed by atoms with van der Waals surface area (Å²) in [5, 5.41) is 0. The van der Waals surface area contributed by atoms with Crippen LogP contribution >= 0.6 is 0 Å². The minimum atomic E-state index is -4.14. The number of Topliss-reactive ketones (excluding diaryl/α,β-unsaturated/α-hetero) is 1. The monoisotopic (exact) mass is 273 g/mol. The zero-order chi connectivity index (χ0) is 14.5. The van der Waals surface area contributed by atoms with Crippen molar-refractivity contribution in [3.05, 3.63) is 23.9 Å². The first-order chi connectivity index (χ1) is 8.91. The molecule has 0 N–H and O–H groups in total. The average molecular weight is 273 g/mol. The van der Waals surface area contributed by atoms with E-state index in [4.69, 9.17) is 4.74 Å². The summed E-state index contributed by atoms with van der Waals surface area (Å²) >= 11 is 0. The maximum absolute atomic E-state index is 13.4. The van der Waals surface area contributed by atoms with Crippen LogP contribution in [0, 0.1) is 0 Å². The molecule has 0 amide bonds. The lowest BCUT2D eigenvalue weighted by molar-refractivity contribution is -0.176. The fraction of sp³-hybridized carbons (Fsp3) is 0.417. The number of halogens is 2. The standard InChI is InChI=1S/C12H13F2NO4/c1-3-19-11(17)12(13,14)9(16)6-8-4-5-10(18-2)15-7-8/h4-5,7H,3,6H2,1-2H3. The Morgan fingerprint density at radius 3 is 2.53 bits per heavy atom. The van der Waals surface area contributed by atoms with Crippen LogP contribution < -0.4 is 4.74 Å². The molecule has 5 nitrogen and oxygen atoms in total. The maximum atomic E-state index is 13.4. The number of ether oxygens (including phenoxy) is 2. The van der Waals surface area contributed by atoms with Crippen LogP contribution in [0.5, 0.6) is 5.88 Å². The second kappa shape index (κ2) is 6.21. The van der Waals surface area contributed by atoms with E-state index in [0.29, 0.717) is 5.88 Å². The van der Waals surface area contributed by atoms with Gasteiger partial charge in [0.25, 0.3) is 0 Å². The Morgan fingerprint density at radius 1 is 1.37 bits per heavy atom. The third-order valence-electron chi connectivity index (χ3n) is 2.25. The number of esters is 1. The maximum Gasteiger partial charge on any atom is 0.400 e. The summed E-state index contributed by atoms with van der Waals surface area (Å²) in [6, 6.07) is 2.86. The average Bonchev–Trinajstić information content (AvgIpc) is 2.39. The number of pyridine rings is 1. The highest BCUT2D eigenvalue weighted by molar-refractivity contribution is 6.05. The molecule has 1 aromatic heterocycles. The normalized spacial score (nSPS) is 10.9. The number of aromatic nitrogens is 1. The number of hydrogen-bond donors (Lipinski definition) is 0. The Kier molecular flexibility index (Phi) is 4.91. The molecule has 0 bridgehead atoms. The fourth-order valence-electron chi connectivity index (χ4n) is 1.27. The van der Waals surface area contributed by atoms with E-state index in [9.17, 15) is 18.4 Å². The van der Waals surface area contributed by atoms with Gasteiger partial charge in [0.15, 0.2) is 0 Å². The summed E-state index contributed by atoms with van der Waals surface area (Å²) in [5.41, 5.74) is 0.259. The predicted molar refractivity (Wildman–Crippen MR) is 61.1 cm³/mol. The van der Waals surface area contributed by atoms with Crippen molar-refractivity contribution in [2.24, 2.45) is 0 Å². The number of carbonyl (C=O) groups is 2. The first-order valence-corrected chi connectivity index (χ1v) is 5.49. The van der Waals surface area contributed by atoms with Gasteiger partial charge in [-0.15, -0.1) is 0 Å². The number of hydrogen-bond acceptors (Lipinski definition) is 5. The molecule has 0 saturated carbocycles. The zero-order valence-electron chi connectivity index (χ0n) is 10.5. The third-order valence-corrected chi connectivity index (χ3v) is 2.25. The van der Waals surface area contributed by atoms with E-state index in [1.54, 1.807) is 0 Å². The molecule has 0 aliphatic rings. The van der Waals surface area contributed by atoms with E-state index in [1.165, 1.54) is 32.4 Å². The number of nitrogens with zero attached hydrogens (tertiary/aromatic N) is 1. The largest absolute Gasteiger partial charge is 0.481 e. The van der Waals surface area contributed by atoms with E-state index in [0.717, 1.165) is 0 Å². The number of alkyl halides is 2. The van der Waals surface area contributed by atoms with E-state index in [1.807, 2.05) is 0 Å². The summed E-state index contributed by atoms with van der Waals surface area (Å²) in [7, 11) is 1.40. The van der Waals surface area contributed by atoms with Gasteiger partial charge in [0.2, 0.25) is 11.7 Å². The van der Waals surface area contributed by atoms with Gasteiger partial charge in [-0.05, 0) is 12.5 Å². The Morgan fingerprint density at radius 2 is 2.05 bits per heavy atom. The molecule has 0 radical (unpaired) electrons. The molecular formula is C12H13F2NO4. The number of methoxy groups -OCH3 is 1. The van der Waals surface area contributed by atoms with Crippen molar-refractivity contribution in [3.63, 3.8) is 0 Å². The van der Waals surface area contributed by atoms with Gasteiger partial charge >= 0.3 is 11.9 Å². The Hall–Kier alpha value is -2.05. The molecule has 0 spiro atoms. The molecule has 0 aliphatic carbocycles. The second-order valence-corrected chi connectivity index (χ2v) is 3.60. The third kappa shape index (κ3) is 3.70. The van der Waals surface area contributed by atoms with E-state index >= 15 is 0 Å². The highest BCUT2D eigenvalue weighted by Crippen LogP contribution is 2.20. The van der Waals surface area contributed by atoms with Crippen LogP contribution in [0.1, 0.15) is 12.5 Å². The predicted octanol–water partition coefficient (Wildman–Crippen LogP) is 1.40. The van der Waals surface area contributed by atoms with Crippen molar-refractivity contribution in [2.45, 2.75) is 19.3 Å². The molecule has 0 saturated heterocycles. The van der Waals surface area contributed by atoms with E-state index in [2.05, 4.69) is 9.72 Å². The van der Waals surface area contributed by atoms with Gasteiger partial charge in [-0.2, -0.15) is 8.78 Å². The van der Waals surface area contributed by atoms with E-state index < -0.39 is 24.1 Å². The Bertz CT molecular complexity index is 459. The lowest BCUT2D eigenvalue weighted by Crippen LogP contribution is -2.40. The SMILES string of the molecule is CCOC(=O)C(F)(F)C(=O)Cc1ccc(OC)nc1. The van der Waals surface area contributed by atoms with Gasteiger partial charge in [0.05, 0.1) is 13.7 Å². The second-order valence-electron chi connectivity index (χ2n) is 3.60. The fourth-order valence-corrected chi connectivity index (χ4v) is 1.27. The van der Waals surface area contributed by atoms with E-state index in [-0.39, 0.29) is 12.2 Å². The van der Waals surface area contributed by atoms with Gasteiger partial charge in [0, 0.05) is 18.7 Å². The molecule has 0 unspecified atom stereocenters. The van der Waals surface area contributed by atoms with Crippen molar-refractivity contribution in [1.82, 2.24) is 4.98 Å². The highest BCUT2D eigenvalue weighted by Gasteiger charge is 2.48. The van der Waals surface area contributed by atoms with Gasteiger partial charge in [-0.25, -0.2) is 9.78 Å².